The second-order valence-corrected chi connectivity index (χ2v) is 7.99. The SMILES string of the molecule is Nc1ccc(Cl)cc1S(=O)(=O)N1CCC2CCCCC21. The summed E-state index contributed by atoms with van der Waals surface area (Å²) in [6, 6.07) is 4.78. The van der Waals surface area contributed by atoms with Crippen molar-refractivity contribution in [3.63, 3.8) is 0 Å². The Balaban J connectivity index is 1.97. The smallest absolute Gasteiger partial charge is 0.245 e. The minimum atomic E-state index is -3.54. The molecule has 0 bridgehead atoms. The molecule has 0 spiro atoms. The van der Waals surface area contributed by atoms with Crippen LogP contribution in [0.15, 0.2) is 23.1 Å². The number of hydrogen-bond acceptors (Lipinski definition) is 3. The van der Waals surface area contributed by atoms with Crippen LogP contribution in [-0.2, 0) is 10.0 Å². The standard InChI is InChI=1S/C14H19ClN2O2S/c15-11-5-6-12(16)14(9-11)20(18,19)17-8-7-10-3-1-2-4-13(10)17/h5-6,9-10,13H,1-4,7-8,16H2. The molecule has 6 heteroatoms. The summed E-state index contributed by atoms with van der Waals surface area (Å²) in [5.74, 6) is 0.513. The minimum absolute atomic E-state index is 0.145. The van der Waals surface area contributed by atoms with Gasteiger partial charge in [0.2, 0.25) is 10.0 Å². The van der Waals surface area contributed by atoms with E-state index in [0.29, 0.717) is 17.5 Å². The van der Waals surface area contributed by atoms with Gasteiger partial charge in [-0.1, -0.05) is 24.4 Å². The van der Waals surface area contributed by atoms with Crippen LogP contribution in [0.3, 0.4) is 0 Å². The zero-order valence-electron chi connectivity index (χ0n) is 11.3. The molecule has 0 amide bonds. The van der Waals surface area contributed by atoms with E-state index in [1.54, 1.807) is 16.4 Å². The maximum atomic E-state index is 12.8. The molecule has 2 atom stereocenters. The van der Waals surface area contributed by atoms with Crippen molar-refractivity contribution in [1.29, 1.82) is 0 Å². The first-order valence-electron chi connectivity index (χ1n) is 7.07. The second-order valence-electron chi connectivity index (χ2n) is 5.70. The number of anilines is 1. The lowest BCUT2D eigenvalue weighted by atomic mass is 9.86. The molecule has 1 aromatic rings. The Morgan fingerprint density at radius 2 is 1.95 bits per heavy atom. The molecule has 1 saturated heterocycles. The highest BCUT2D eigenvalue weighted by Crippen LogP contribution is 2.40. The average Bonchev–Trinajstić information content (AvgIpc) is 2.86. The number of hydrogen-bond donors (Lipinski definition) is 1. The topological polar surface area (TPSA) is 63.4 Å². The number of sulfonamides is 1. The van der Waals surface area contributed by atoms with Gasteiger partial charge in [-0.3, -0.25) is 0 Å². The molecule has 110 valence electrons. The Bertz CT molecular complexity index is 618. The first-order valence-corrected chi connectivity index (χ1v) is 8.89. The van der Waals surface area contributed by atoms with Gasteiger partial charge in [0.15, 0.2) is 0 Å². The maximum Gasteiger partial charge on any atom is 0.245 e. The van der Waals surface area contributed by atoms with Crippen molar-refractivity contribution in [1.82, 2.24) is 4.31 Å². The van der Waals surface area contributed by atoms with Gasteiger partial charge in [0.25, 0.3) is 0 Å². The molecule has 2 aliphatic rings. The fourth-order valence-corrected chi connectivity index (χ4v) is 5.63. The predicted octanol–water partition coefficient (Wildman–Crippen LogP) is 2.88. The number of benzene rings is 1. The highest BCUT2D eigenvalue weighted by atomic mass is 35.5. The fraction of sp³-hybridized carbons (Fsp3) is 0.571. The lowest BCUT2D eigenvalue weighted by Gasteiger charge is -2.31. The zero-order valence-corrected chi connectivity index (χ0v) is 12.8. The molecule has 2 unspecified atom stereocenters. The second kappa shape index (κ2) is 5.20. The summed E-state index contributed by atoms with van der Waals surface area (Å²) in [6.45, 7) is 0.601. The Labute approximate surface area is 125 Å². The largest absolute Gasteiger partial charge is 0.398 e. The highest BCUT2D eigenvalue weighted by Gasteiger charge is 2.42. The molecule has 1 aromatic carbocycles. The first-order chi connectivity index (χ1) is 9.50. The predicted molar refractivity (Wildman–Crippen MR) is 80.1 cm³/mol. The van der Waals surface area contributed by atoms with Gasteiger partial charge in [-0.25, -0.2) is 8.42 Å². The van der Waals surface area contributed by atoms with Crippen LogP contribution in [0.5, 0.6) is 0 Å². The third-order valence-electron chi connectivity index (χ3n) is 4.52. The van der Waals surface area contributed by atoms with Gasteiger partial charge in [-0.15, -0.1) is 0 Å². The number of fused-ring (bicyclic) bond motifs is 1. The molecule has 1 aliphatic heterocycles. The minimum Gasteiger partial charge on any atom is -0.398 e. The third-order valence-corrected chi connectivity index (χ3v) is 6.74. The molecule has 1 saturated carbocycles. The third kappa shape index (κ3) is 2.32. The summed E-state index contributed by atoms with van der Waals surface area (Å²) in [6.07, 6.45) is 5.39. The van der Waals surface area contributed by atoms with Crippen LogP contribution in [0.1, 0.15) is 32.1 Å². The summed E-state index contributed by atoms with van der Waals surface area (Å²) < 4.78 is 27.4. The van der Waals surface area contributed by atoms with Crippen molar-refractivity contribution in [2.75, 3.05) is 12.3 Å². The van der Waals surface area contributed by atoms with E-state index in [1.807, 2.05) is 0 Å². The van der Waals surface area contributed by atoms with Crippen molar-refractivity contribution < 1.29 is 8.42 Å². The van der Waals surface area contributed by atoms with Gasteiger partial charge in [0, 0.05) is 17.6 Å². The van der Waals surface area contributed by atoms with Gasteiger partial charge in [0.1, 0.15) is 4.90 Å². The first kappa shape index (κ1) is 14.2. The van der Waals surface area contributed by atoms with Crippen LogP contribution >= 0.6 is 11.6 Å². The Hall–Kier alpha value is -0.780. The number of nitrogens with two attached hydrogens (primary N) is 1. The van der Waals surface area contributed by atoms with Crippen LogP contribution < -0.4 is 5.73 Å². The quantitative estimate of drug-likeness (QED) is 0.854. The van der Waals surface area contributed by atoms with Crippen molar-refractivity contribution in [3.05, 3.63) is 23.2 Å². The lowest BCUT2D eigenvalue weighted by molar-refractivity contribution is 0.260. The average molecular weight is 315 g/mol. The monoisotopic (exact) mass is 314 g/mol. The van der Waals surface area contributed by atoms with E-state index in [9.17, 15) is 8.42 Å². The van der Waals surface area contributed by atoms with Crippen molar-refractivity contribution >= 4 is 27.3 Å². The van der Waals surface area contributed by atoms with E-state index >= 15 is 0 Å². The molecule has 0 radical (unpaired) electrons. The van der Waals surface area contributed by atoms with E-state index in [0.717, 1.165) is 25.7 Å². The molecule has 4 nitrogen and oxygen atoms in total. The number of rotatable bonds is 2. The normalized spacial score (nSPS) is 27.4. The Morgan fingerprint density at radius 1 is 1.20 bits per heavy atom. The van der Waals surface area contributed by atoms with Crippen molar-refractivity contribution in [3.8, 4) is 0 Å². The van der Waals surface area contributed by atoms with Crippen molar-refractivity contribution in [2.24, 2.45) is 5.92 Å². The van der Waals surface area contributed by atoms with Gasteiger partial charge in [-0.05, 0) is 43.4 Å². The molecule has 1 heterocycles. The summed E-state index contributed by atoms with van der Waals surface area (Å²) >= 11 is 5.93. The van der Waals surface area contributed by atoms with Crippen LogP contribution in [0.2, 0.25) is 5.02 Å². The number of halogens is 1. The van der Waals surface area contributed by atoms with Crippen LogP contribution in [0.25, 0.3) is 0 Å². The highest BCUT2D eigenvalue weighted by molar-refractivity contribution is 7.89. The molecule has 0 aromatic heterocycles. The number of nitrogens with zero attached hydrogens (tertiary/aromatic N) is 1. The number of nitrogen functional groups attached to an aromatic ring is 1. The van der Waals surface area contributed by atoms with E-state index in [-0.39, 0.29) is 16.6 Å². The van der Waals surface area contributed by atoms with Gasteiger partial charge < -0.3 is 5.73 Å². The summed E-state index contributed by atoms with van der Waals surface area (Å²) in [5, 5.41) is 0.400. The summed E-state index contributed by atoms with van der Waals surface area (Å²) in [4.78, 5) is 0.149. The summed E-state index contributed by atoms with van der Waals surface area (Å²) in [7, 11) is -3.54. The molecule has 3 rings (SSSR count). The molecular formula is C14H19ClN2O2S. The molecule has 2 N–H and O–H groups in total. The van der Waals surface area contributed by atoms with E-state index in [2.05, 4.69) is 0 Å². The van der Waals surface area contributed by atoms with Gasteiger partial charge in [0.05, 0.1) is 5.69 Å². The van der Waals surface area contributed by atoms with Gasteiger partial charge >= 0.3 is 0 Å². The van der Waals surface area contributed by atoms with Crippen LogP contribution in [-0.4, -0.2) is 25.3 Å². The summed E-state index contributed by atoms with van der Waals surface area (Å²) in [5.41, 5.74) is 6.12. The van der Waals surface area contributed by atoms with E-state index in [4.69, 9.17) is 17.3 Å². The van der Waals surface area contributed by atoms with Crippen LogP contribution in [0, 0.1) is 5.92 Å². The van der Waals surface area contributed by atoms with Crippen LogP contribution in [0.4, 0.5) is 5.69 Å². The fourth-order valence-electron chi connectivity index (χ4n) is 3.52. The molecule has 1 aliphatic carbocycles. The van der Waals surface area contributed by atoms with Crippen molar-refractivity contribution in [2.45, 2.75) is 43.0 Å². The molecule has 2 fully saturated rings. The Kier molecular flexibility index (Phi) is 3.69. The lowest BCUT2D eigenvalue weighted by Crippen LogP contribution is -2.39. The molecular weight excluding hydrogens is 296 g/mol. The zero-order chi connectivity index (χ0) is 14.3. The molecule has 20 heavy (non-hydrogen) atoms. The maximum absolute atomic E-state index is 12.8. The van der Waals surface area contributed by atoms with Gasteiger partial charge in [-0.2, -0.15) is 4.31 Å². The Morgan fingerprint density at radius 3 is 2.75 bits per heavy atom. The van der Waals surface area contributed by atoms with E-state index in [1.165, 1.54) is 12.5 Å². The van der Waals surface area contributed by atoms with E-state index < -0.39 is 10.0 Å².